The summed E-state index contributed by atoms with van der Waals surface area (Å²) in [4.78, 5) is 0. The average molecular weight is 330 g/mol. The predicted molar refractivity (Wildman–Crippen MR) is 89.2 cm³/mol. The fourth-order valence-corrected chi connectivity index (χ4v) is 3.98. The van der Waals surface area contributed by atoms with Crippen LogP contribution in [0.1, 0.15) is 18.2 Å². The Labute approximate surface area is 135 Å². The lowest BCUT2D eigenvalue weighted by Crippen LogP contribution is -2.31. The van der Waals surface area contributed by atoms with Crippen LogP contribution in [0, 0.1) is 0 Å². The number of para-hydroxylation sites is 1. The number of hydrogen-bond donors (Lipinski definition) is 0. The normalized spacial score (nSPS) is 12.1. The number of sulfonamides is 1. The highest BCUT2D eigenvalue weighted by Crippen LogP contribution is 2.21. The first-order valence-corrected chi connectivity index (χ1v) is 9.06. The molecule has 0 atom stereocenters. The van der Waals surface area contributed by atoms with E-state index in [1.165, 1.54) is 4.31 Å². The molecule has 0 aliphatic rings. The summed E-state index contributed by atoms with van der Waals surface area (Å²) in [6.07, 6.45) is 0. The number of benzene rings is 2. The largest absolute Gasteiger partial charge is 0.356 e. The zero-order chi connectivity index (χ0) is 16.3. The molecule has 0 aliphatic heterocycles. The molecule has 0 aliphatic carbocycles. The van der Waals surface area contributed by atoms with E-state index in [1.807, 2.05) is 55.5 Å². The molecule has 0 bridgehead atoms. The van der Waals surface area contributed by atoms with Gasteiger partial charge in [0, 0.05) is 18.5 Å². The summed E-state index contributed by atoms with van der Waals surface area (Å²) < 4.78 is 32.1. The van der Waals surface area contributed by atoms with Gasteiger partial charge < -0.3 is 4.52 Å². The third-order valence-electron chi connectivity index (χ3n) is 3.72. The summed E-state index contributed by atoms with van der Waals surface area (Å²) in [6.45, 7) is 2.60. The fraction of sp³-hybridized carbons (Fsp3) is 0.235. The van der Waals surface area contributed by atoms with Crippen LogP contribution in [0.15, 0.2) is 59.1 Å². The van der Waals surface area contributed by atoms with Crippen LogP contribution >= 0.6 is 0 Å². The monoisotopic (exact) mass is 330 g/mol. The summed E-state index contributed by atoms with van der Waals surface area (Å²) in [5.41, 5.74) is 2.01. The van der Waals surface area contributed by atoms with Gasteiger partial charge in [0.1, 0.15) is 11.4 Å². The quantitative estimate of drug-likeness (QED) is 0.696. The highest BCUT2D eigenvalue weighted by atomic mass is 32.2. The third kappa shape index (κ3) is 3.43. The van der Waals surface area contributed by atoms with Gasteiger partial charge in [0.25, 0.3) is 0 Å². The molecule has 6 heteroatoms. The molecule has 23 heavy (non-hydrogen) atoms. The Balaban J connectivity index is 1.84. The first-order valence-electron chi connectivity index (χ1n) is 7.45. The second-order valence-corrected chi connectivity index (χ2v) is 7.26. The van der Waals surface area contributed by atoms with Crippen molar-refractivity contribution in [2.24, 2.45) is 0 Å². The molecule has 0 saturated heterocycles. The van der Waals surface area contributed by atoms with Crippen molar-refractivity contribution in [3.63, 3.8) is 0 Å². The smallest absolute Gasteiger partial charge is 0.220 e. The Hall–Kier alpha value is -2.18. The van der Waals surface area contributed by atoms with Gasteiger partial charge in [-0.1, -0.05) is 54.5 Å². The second-order valence-electron chi connectivity index (χ2n) is 5.29. The van der Waals surface area contributed by atoms with E-state index in [0.717, 1.165) is 10.9 Å². The minimum atomic E-state index is -3.47. The zero-order valence-corrected chi connectivity index (χ0v) is 13.7. The summed E-state index contributed by atoms with van der Waals surface area (Å²) in [5, 5.41) is 4.67. The predicted octanol–water partition coefficient (Wildman–Crippen LogP) is 3.18. The Bertz CT molecular complexity index is 888. The van der Waals surface area contributed by atoms with E-state index in [-0.39, 0.29) is 5.75 Å². The van der Waals surface area contributed by atoms with Gasteiger partial charge in [-0.25, -0.2) is 8.42 Å². The minimum Gasteiger partial charge on any atom is -0.356 e. The van der Waals surface area contributed by atoms with Crippen molar-refractivity contribution in [3.8, 4) is 0 Å². The number of aromatic nitrogens is 1. The van der Waals surface area contributed by atoms with E-state index < -0.39 is 10.0 Å². The van der Waals surface area contributed by atoms with Crippen LogP contribution in [0.4, 0.5) is 0 Å². The van der Waals surface area contributed by atoms with Crippen LogP contribution in [0.2, 0.25) is 0 Å². The molecule has 0 N–H and O–H groups in total. The fourth-order valence-electron chi connectivity index (χ4n) is 2.50. The van der Waals surface area contributed by atoms with Crippen LogP contribution in [-0.2, 0) is 22.3 Å². The zero-order valence-electron chi connectivity index (χ0n) is 12.8. The van der Waals surface area contributed by atoms with Gasteiger partial charge in [-0.2, -0.15) is 4.31 Å². The maximum atomic E-state index is 12.7. The van der Waals surface area contributed by atoms with Crippen LogP contribution in [0.25, 0.3) is 11.0 Å². The summed E-state index contributed by atoms with van der Waals surface area (Å²) in [7, 11) is -3.47. The molecule has 0 amide bonds. The highest BCUT2D eigenvalue weighted by molar-refractivity contribution is 7.88. The van der Waals surface area contributed by atoms with Gasteiger partial charge >= 0.3 is 0 Å². The topological polar surface area (TPSA) is 63.4 Å². The van der Waals surface area contributed by atoms with Crippen LogP contribution in [0.5, 0.6) is 0 Å². The molecule has 3 rings (SSSR count). The van der Waals surface area contributed by atoms with E-state index in [2.05, 4.69) is 5.16 Å². The summed E-state index contributed by atoms with van der Waals surface area (Å²) in [6, 6.07) is 16.8. The van der Waals surface area contributed by atoms with Crippen molar-refractivity contribution >= 4 is 21.0 Å². The lowest BCUT2D eigenvalue weighted by molar-refractivity contribution is 0.418. The molecule has 0 spiro atoms. The molecule has 1 aromatic heterocycles. The number of rotatable bonds is 6. The van der Waals surface area contributed by atoms with E-state index >= 15 is 0 Å². The SMILES string of the molecule is CCN(Cc1ccccc1)S(=O)(=O)Cc1noc2ccccc12. The molecule has 0 radical (unpaired) electrons. The highest BCUT2D eigenvalue weighted by Gasteiger charge is 2.24. The standard InChI is InChI=1S/C17H18N2O3S/c1-2-19(12-14-8-4-3-5-9-14)23(20,21)13-16-15-10-6-7-11-17(15)22-18-16/h3-11H,2,12-13H2,1H3. The lowest BCUT2D eigenvalue weighted by atomic mass is 10.2. The molecule has 0 fully saturated rings. The summed E-state index contributed by atoms with van der Waals surface area (Å²) in [5.74, 6) is -0.162. The maximum Gasteiger partial charge on any atom is 0.220 e. The minimum absolute atomic E-state index is 0.162. The number of hydrogen-bond acceptors (Lipinski definition) is 4. The van der Waals surface area contributed by atoms with E-state index in [1.54, 1.807) is 6.07 Å². The molecule has 1 heterocycles. The van der Waals surface area contributed by atoms with Gasteiger partial charge in [0.2, 0.25) is 10.0 Å². The van der Waals surface area contributed by atoms with Gasteiger partial charge in [-0.3, -0.25) is 0 Å². The molecule has 120 valence electrons. The maximum absolute atomic E-state index is 12.7. The van der Waals surface area contributed by atoms with Gasteiger partial charge in [0.15, 0.2) is 5.58 Å². The van der Waals surface area contributed by atoms with Gasteiger partial charge in [0.05, 0.1) is 0 Å². The van der Waals surface area contributed by atoms with Crippen molar-refractivity contribution in [1.29, 1.82) is 0 Å². The van der Waals surface area contributed by atoms with Crippen molar-refractivity contribution < 1.29 is 12.9 Å². The number of fused-ring (bicyclic) bond motifs is 1. The molecule has 0 saturated carbocycles. The van der Waals surface area contributed by atoms with Crippen molar-refractivity contribution in [1.82, 2.24) is 9.46 Å². The van der Waals surface area contributed by atoms with E-state index in [4.69, 9.17) is 4.52 Å². The molecule has 0 unspecified atom stereocenters. The molecule has 3 aromatic rings. The Morgan fingerprint density at radius 3 is 2.48 bits per heavy atom. The number of nitrogens with zero attached hydrogens (tertiary/aromatic N) is 2. The average Bonchev–Trinajstić information content (AvgIpc) is 2.96. The van der Waals surface area contributed by atoms with Crippen LogP contribution in [0.3, 0.4) is 0 Å². The Morgan fingerprint density at radius 2 is 1.74 bits per heavy atom. The Morgan fingerprint density at radius 1 is 1.04 bits per heavy atom. The van der Waals surface area contributed by atoms with Crippen LogP contribution in [-0.4, -0.2) is 24.4 Å². The molecule has 5 nitrogen and oxygen atoms in total. The van der Waals surface area contributed by atoms with Crippen molar-refractivity contribution in [2.45, 2.75) is 19.2 Å². The second kappa shape index (κ2) is 6.52. The Kier molecular flexibility index (Phi) is 4.45. The van der Waals surface area contributed by atoms with E-state index in [0.29, 0.717) is 24.4 Å². The van der Waals surface area contributed by atoms with Gasteiger partial charge in [-0.05, 0) is 17.7 Å². The molecular formula is C17H18N2O3S. The first-order chi connectivity index (χ1) is 11.1. The molecular weight excluding hydrogens is 312 g/mol. The summed E-state index contributed by atoms with van der Waals surface area (Å²) >= 11 is 0. The lowest BCUT2D eigenvalue weighted by Gasteiger charge is -2.20. The third-order valence-corrected chi connectivity index (χ3v) is 5.53. The van der Waals surface area contributed by atoms with E-state index in [9.17, 15) is 8.42 Å². The van der Waals surface area contributed by atoms with Crippen molar-refractivity contribution in [2.75, 3.05) is 6.54 Å². The van der Waals surface area contributed by atoms with Gasteiger partial charge in [-0.15, -0.1) is 0 Å². The first kappa shape index (κ1) is 15.7. The molecule has 2 aromatic carbocycles. The van der Waals surface area contributed by atoms with Crippen molar-refractivity contribution in [3.05, 3.63) is 65.9 Å². The van der Waals surface area contributed by atoms with Crippen LogP contribution < -0.4 is 0 Å².